The highest BCUT2D eigenvalue weighted by Crippen LogP contribution is 2.35. The van der Waals surface area contributed by atoms with Gasteiger partial charge in [0.15, 0.2) is 5.82 Å². The molecule has 4 heteroatoms. The van der Waals surface area contributed by atoms with Gasteiger partial charge in [0.25, 0.3) is 0 Å². The van der Waals surface area contributed by atoms with E-state index in [1.54, 1.807) is 6.20 Å². The van der Waals surface area contributed by atoms with E-state index in [2.05, 4.69) is 16.8 Å². The molecule has 0 bridgehead atoms. The number of fused-ring (bicyclic) bond motifs is 1. The Morgan fingerprint density at radius 3 is 3.15 bits per heavy atom. The molecule has 3 nitrogen and oxygen atoms in total. The molecule has 0 aliphatic carbocycles. The van der Waals surface area contributed by atoms with E-state index in [-0.39, 0.29) is 5.82 Å². The largest absolute Gasteiger partial charge is 0.398 e. The first-order chi connectivity index (χ1) is 9.70. The molecule has 1 aromatic heterocycles. The summed E-state index contributed by atoms with van der Waals surface area (Å²) in [6.07, 6.45) is 5.18. The minimum Gasteiger partial charge on any atom is -0.398 e. The van der Waals surface area contributed by atoms with Crippen molar-refractivity contribution < 1.29 is 4.39 Å². The molecule has 2 heterocycles. The fourth-order valence-corrected chi connectivity index (χ4v) is 3.12. The molecule has 0 spiro atoms. The summed E-state index contributed by atoms with van der Waals surface area (Å²) < 4.78 is 14.4. The molecule has 20 heavy (non-hydrogen) atoms. The van der Waals surface area contributed by atoms with Crippen molar-refractivity contribution in [3.05, 3.63) is 30.2 Å². The van der Waals surface area contributed by atoms with Crippen LogP contribution in [-0.2, 0) is 0 Å². The number of piperidine rings is 1. The number of nitrogens with zero attached hydrogens (tertiary/aromatic N) is 2. The summed E-state index contributed by atoms with van der Waals surface area (Å²) in [6.45, 7) is 4.00. The SMILES string of the molecule is CCC1CCCN(c2c(F)cc(N)c3cccnc23)C1. The summed E-state index contributed by atoms with van der Waals surface area (Å²) in [5.74, 6) is 0.380. The van der Waals surface area contributed by atoms with Crippen LogP contribution in [0.2, 0.25) is 0 Å². The molecule has 0 saturated carbocycles. The second kappa shape index (κ2) is 5.27. The van der Waals surface area contributed by atoms with Crippen molar-refractivity contribution in [2.24, 2.45) is 5.92 Å². The van der Waals surface area contributed by atoms with E-state index >= 15 is 0 Å². The average Bonchev–Trinajstić information content (AvgIpc) is 2.47. The number of nitrogen functional groups attached to an aromatic ring is 1. The zero-order chi connectivity index (χ0) is 14.1. The van der Waals surface area contributed by atoms with E-state index in [1.165, 1.54) is 12.5 Å². The van der Waals surface area contributed by atoms with Gasteiger partial charge in [0.05, 0.1) is 11.2 Å². The molecule has 0 radical (unpaired) electrons. The third-order valence-corrected chi connectivity index (χ3v) is 4.26. The molecular weight excluding hydrogens is 253 g/mol. The lowest BCUT2D eigenvalue weighted by Gasteiger charge is -2.34. The van der Waals surface area contributed by atoms with Crippen molar-refractivity contribution in [3.8, 4) is 0 Å². The monoisotopic (exact) mass is 273 g/mol. The Morgan fingerprint density at radius 1 is 1.50 bits per heavy atom. The van der Waals surface area contributed by atoms with Crippen molar-refractivity contribution in [2.75, 3.05) is 23.7 Å². The lowest BCUT2D eigenvalue weighted by Crippen LogP contribution is -2.36. The summed E-state index contributed by atoms with van der Waals surface area (Å²) >= 11 is 0. The number of halogens is 1. The Balaban J connectivity index is 2.11. The zero-order valence-corrected chi connectivity index (χ0v) is 11.8. The van der Waals surface area contributed by atoms with Gasteiger partial charge in [-0.3, -0.25) is 4.98 Å². The van der Waals surface area contributed by atoms with Crippen LogP contribution in [-0.4, -0.2) is 18.1 Å². The van der Waals surface area contributed by atoms with Gasteiger partial charge in [-0.1, -0.05) is 13.3 Å². The van der Waals surface area contributed by atoms with Gasteiger partial charge in [-0.25, -0.2) is 4.39 Å². The number of anilines is 2. The molecule has 106 valence electrons. The molecule has 1 aromatic carbocycles. The van der Waals surface area contributed by atoms with Crippen molar-refractivity contribution >= 4 is 22.3 Å². The van der Waals surface area contributed by atoms with Crippen LogP contribution < -0.4 is 10.6 Å². The highest BCUT2D eigenvalue weighted by molar-refractivity contribution is 5.98. The van der Waals surface area contributed by atoms with Gasteiger partial charge in [-0.2, -0.15) is 0 Å². The number of rotatable bonds is 2. The normalized spacial score (nSPS) is 19.5. The molecule has 1 saturated heterocycles. The zero-order valence-electron chi connectivity index (χ0n) is 11.8. The van der Waals surface area contributed by atoms with Crippen molar-refractivity contribution in [3.63, 3.8) is 0 Å². The lowest BCUT2D eigenvalue weighted by atomic mass is 9.95. The maximum atomic E-state index is 14.4. The molecule has 3 rings (SSSR count). The minimum absolute atomic E-state index is 0.259. The number of nitrogens with two attached hydrogens (primary N) is 1. The van der Waals surface area contributed by atoms with Gasteiger partial charge in [-0.15, -0.1) is 0 Å². The topological polar surface area (TPSA) is 42.1 Å². The van der Waals surface area contributed by atoms with Gasteiger partial charge in [0, 0.05) is 30.4 Å². The third-order valence-electron chi connectivity index (χ3n) is 4.26. The number of aromatic nitrogens is 1. The van der Waals surface area contributed by atoms with Crippen LogP contribution in [0.1, 0.15) is 26.2 Å². The summed E-state index contributed by atoms with van der Waals surface area (Å²) in [5, 5.41) is 0.836. The van der Waals surface area contributed by atoms with E-state index in [4.69, 9.17) is 5.73 Å². The lowest BCUT2D eigenvalue weighted by molar-refractivity contribution is 0.402. The Bertz CT molecular complexity index is 626. The van der Waals surface area contributed by atoms with Gasteiger partial charge >= 0.3 is 0 Å². The quantitative estimate of drug-likeness (QED) is 0.850. The predicted molar refractivity (Wildman–Crippen MR) is 81.3 cm³/mol. The first kappa shape index (κ1) is 13.2. The van der Waals surface area contributed by atoms with Crippen LogP contribution in [0.25, 0.3) is 10.9 Å². The molecule has 2 N–H and O–H groups in total. The van der Waals surface area contributed by atoms with Gasteiger partial charge in [0.1, 0.15) is 0 Å². The maximum Gasteiger partial charge on any atom is 0.150 e. The smallest absolute Gasteiger partial charge is 0.150 e. The Morgan fingerprint density at radius 2 is 2.35 bits per heavy atom. The second-order valence-corrected chi connectivity index (χ2v) is 5.56. The molecule has 1 aliphatic heterocycles. The van der Waals surface area contributed by atoms with Gasteiger partial charge < -0.3 is 10.6 Å². The third kappa shape index (κ3) is 2.19. The number of hydrogen-bond acceptors (Lipinski definition) is 3. The molecular formula is C16H20FN3. The van der Waals surface area contributed by atoms with Crippen LogP contribution in [0.4, 0.5) is 15.8 Å². The average molecular weight is 273 g/mol. The van der Waals surface area contributed by atoms with Crippen LogP contribution in [0.5, 0.6) is 0 Å². The number of pyridine rings is 1. The number of benzene rings is 1. The standard InChI is InChI=1S/C16H20FN3/c1-2-11-5-4-8-20(10-11)16-13(17)9-14(18)12-6-3-7-19-15(12)16/h3,6-7,9,11H,2,4-5,8,10,18H2,1H3. The van der Waals surface area contributed by atoms with Gasteiger partial charge in [-0.05, 0) is 37.0 Å². The highest BCUT2D eigenvalue weighted by Gasteiger charge is 2.23. The fourth-order valence-electron chi connectivity index (χ4n) is 3.12. The summed E-state index contributed by atoms with van der Waals surface area (Å²) in [4.78, 5) is 6.51. The van der Waals surface area contributed by atoms with E-state index < -0.39 is 0 Å². The Hall–Kier alpha value is -1.84. The van der Waals surface area contributed by atoms with Crippen LogP contribution in [0.15, 0.2) is 24.4 Å². The van der Waals surface area contributed by atoms with E-state index in [0.29, 0.717) is 22.8 Å². The molecule has 1 atom stereocenters. The van der Waals surface area contributed by atoms with E-state index in [1.807, 2.05) is 12.1 Å². The maximum absolute atomic E-state index is 14.4. The number of hydrogen-bond donors (Lipinski definition) is 1. The molecule has 1 fully saturated rings. The first-order valence-electron chi connectivity index (χ1n) is 7.28. The molecule has 1 aliphatic rings. The molecule has 0 amide bonds. The van der Waals surface area contributed by atoms with Crippen molar-refractivity contribution in [1.82, 2.24) is 4.98 Å². The van der Waals surface area contributed by atoms with Crippen LogP contribution >= 0.6 is 0 Å². The van der Waals surface area contributed by atoms with E-state index in [9.17, 15) is 4.39 Å². The summed E-state index contributed by atoms with van der Waals surface area (Å²) in [6, 6.07) is 5.17. The van der Waals surface area contributed by atoms with Crippen molar-refractivity contribution in [2.45, 2.75) is 26.2 Å². The van der Waals surface area contributed by atoms with Gasteiger partial charge in [0.2, 0.25) is 0 Å². The van der Waals surface area contributed by atoms with Crippen LogP contribution in [0.3, 0.4) is 0 Å². The summed E-state index contributed by atoms with van der Waals surface area (Å²) in [7, 11) is 0. The fraction of sp³-hybridized carbons (Fsp3) is 0.438. The van der Waals surface area contributed by atoms with Crippen molar-refractivity contribution in [1.29, 1.82) is 0 Å². The Kier molecular flexibility index (Phi) is 3.47. The Labute approximate surface area is 118 Å². The minimum atomic E-state index is -0.259. The van der Waals surface area contributed by atoms with E-state index in [0.717, 1.165) is 31.3 Å². The first-order valence-corrected chi connectivity index (χ1v) is 7.28. The molecule has 2 aromatic rings. The second-order valence-electron chi connectivity index (χ2n) is 5.56. The summed E-state index contributed by atoms with van der Waals surface area (Å²) in [5.41, 5.74) is 7.67. The predicted octanol–water partition coefficient (Wildman–Crippen LogP) is 3.58. The highest BCUT2D eigenvalue weighted by atomic mass is 19.1. The van der Waals surface area contributed by atoms with Crippen LogP contribution in [0, 0.1) is 11.7 Å². The molecule has 1 unspecified atom stereocenters.